The van der Waals surface area contributed by atoms with E-state index < -0.39 is 0 Å². The molecule has 0 radical (unpaired) electrons. The van der Waals surface area contributed by atoms with Gasteiger partial charge in [0.1, 0.15) is 5.75 Å². The molecule has 2 nitrogen and oxygen atoms in total. The summed E-state index contributed by atoms with van der Waals surface area (Å²) in [7, 11) is 1.63. The maximum atomic E-state index is 6.02. The average molecular weight is 290 g/mol. The second-order valence-electron chi connectivity index (χ2n) is 4.92. The van der Waals surface area contributed by atoms with E-state index in [1.807, 2.05) is 24.3 Å². The van der Waals surface area contributed by atoms with E-state index >= 15 is 0 Å². The lowest BCUT2D eigenvalue weighted by atomic mass is 10.1. The summed E-state index contributed by atoms with van der Waals surface area (Å²) in [5, 5.41) is 4.11. The van der Waals surface area contributed by atoms with Gasteiger partial charge >= 0.3 is 0 Å². The summed E-state index contributed by atoms with van der Waals surface area (Å²) < 4.78 is 5.22. The SMILES string of the molecule is COc1cc(NC(C)CCc2ccccc2)ccc1Cl. The first-order valence-corrected chi connectivity index (χ1v) is 7.21. The van der Waals surface area contributed by atoms with Gasteiger partial charge in [0.2, 0.25) is 0 Å². The smallest absolute Gasteiger partial charge is 0.139 e. The normalized spacial score (nSPS) is 11.9. The average Bonchev–Trinajstić information content (AvgIpc) is 2.48. The summed E-state index contributed by atoms with van der Waals surface area (Å²) in [4.78, 5) is 0. The van der Waals surface area contributed by atoms with E-state index in [1.165, 1.54) is 5.56 Å². The summed E-state index contributed by atoms with van der Waals surface area (Å²) in [5.74, 6) is 0.701. The Hall–Kier alpha value is -1.67. The number of hydrogen-bond donors (Lipinski definition) is 1. The Morgan fingerprint density at radius 3 is 2.60 bits per heavy atom. The Morgan fingerprint density at radius 2 is 1.90 bits per heavy atom. The third kappa shape index (κ3) is 4.17. The molecule has 0 aromatic heterocycles. The fourth-order valence-electron chi connectivity index (χ4n) is 2.13. The number of benzene rings is 2. The Kier molecular flexibility index (Phi) is 5.31. The number of hydrogen-bond acceptors (Lipinski definition) is 2. The summed E-state index contributed by atoms with van der Waals surface area (Å²) in [6.45, 7) is 2.18. The van der Waals surface area contributed by atoms with E-state index in [4.69, 9.17) is 16.3 Å². The predicted octanol–water partition coefficient (Wildman–Crippen LogP) is 4.78. The van der Waals surface area contributed by atoms with Gasteiger partial charge in [0.15, 0.2) is 0 Å². The Bertz CT molecular complexity index is 542. The Balaban J connectivity index is 1.89. The zero-order valence-corrected chi connectivity index (χ0v) is 12.7. The van der Waals surface area contributed by atoms with Crippen LogP contribution in [0.3, 0.4) is 0 Å². The summed E-state index contributed by atoms with van der Waals surface area (Å²) in [5.41, 5.74) is 2.40. The van der Waals surface area contributed by atoms with Gasteiger partial charge in [-0.05, 0) is 37.5 Å². The fraction of sp³-hybridized carbons (Fsp3) is 0.294. The summed E-state index contributed by atoms with van der Waals surface area (Å²) in [6, 6.07) is 16.7. The number of halogens is 1. The van der Waals surface area contributed by atoms with Crippen LogP contribution < -0.4 is 10.1 Å². The molecule has 0 saturated heterocycles. The molecule has 1 atom stereocenters. The van der Waals surface area contributed by atoms with Crippen molar-refractivity contribution in [1.29, 1.82) is 0 Å². The van der Waals surface area contributed by atoms with E-state index in [-0.39, 0.29) is 0 Å². The molecule has 0 saturated carbocycles. The molecule has 0 fully saturated rings. The topological polar surface area (TPSA) is 21.3 Å². The van der Waals surface area contributed by atoms with E-state index in [9.17, 15) is 0 Å². The van der Waals surface area contributed by atoms with Crippen molar-refractivity contribution in [3.63, 3.8) is 0 Å². The number of anilines is 1. The van der Waals surface area contributed by atoms with Crippen LogP contribution in [0.2, 0.25) is 5.02 Å². The number of aryl methyl sites for hydroxylation is 1. The van der Waals surface area contributed by atoms with E-state index in [0.29, 0.717) is 16.8 Å². The zero-order chi connectivity index (χ0) is 14.4. The quantitative estimate of drug-likeness (QED) is 0.826. The van der Waals surface area contributed by atoms with Crippen molar-refractivity contribution >= 4 is 17.3 Å². The van der Waals surface area contributed by atoms with Crippen molar-refractivity contribution in [3.8, 4) is 5.75 Å². The van der Waals surface area contributed by atoms with Gasteiger partial charge in [-0.15, -0.1) is 0 Å². The third-order valence-electron chi connectivity index (χ3n) is 3.27. The van der Waals surface area contributed by atoms with Crippen LogP contribution >= 0.6 is 11.6 Å². The number of nitrogens with one attached hydrogen (secondary N) is 1. The number of rotatable bonds is 6. The first-order chi connectivity index (χ1) is 9.69. The molecular weight excluding hydrogens is 270 g/mol. The lowest BCUT2D eigenvalue weighted by molar-refractivity contribution is 0.415. The van der Waals surface area contributed by atoms with E-state index in [1.54, 1.807) is 7.11 Å². The van der Waals surface area contributed by atoms with Crippen LogP contribution in [0.4, 0.5) is 5.69 Å². The molecular formula is C17H20ClNO. The fourth-order valence-corrected chi connectivity index (χ4v) is 2.33. The van der Waals surface area contributed by atoms with E-state index in [2.05, 4.69) is 36.5 Å². The molecule has 20 heavy (non-hydrogen) atoms. The highest BCUT2D eigenvalue weighted by atomic mass is 35.5. The largest absolute Gasteiger partial charge is 0.495 e. The van der Waals surface area contributed by atoms with Gasteiger partial charge in [-0.3, -0.25) is 0 Å². The van der Waals surface area contributed by atoms with Crippen molar-refractivity contribution in [2.24, 2.45) is 0 Å². The maximum absolute atomic E-state index is 6.02. The molecule has 0 spiro atoms. The third-order valence-corrected chi connectivity index (χ3v) is 3.59. The highest BCUT2D eigenvalue weighted by molar-refractivity contribution is 6.32. The van der Waals surface area contributed by atoms with Crippen molar-refractivity contribution in [2.75, 3.05) is 12.4 Å². The lowest BCUT2D eigenvalue weighted by Gasteiger charge is -2.16. The summed E-state index contributed by atoms with van der Waals surface area (Å²) in [6.07, 6.45) is 2.15. The minimum Gasteiger partial charge on any atom is -0.495 e. The van der Waals surface area contributed by atoms with Gasteiger partial charge in [0.05, 0.1) is 12.1 Å². The van der Waals surface area contributed by atoms with Gasteiger partial charge in [-0.25, -0.2) is 0 Å². The minimum absolute atomic E-state index is 0.390. The maximum Gasteiger partial charge on any atom is 0.139 e. The minimum atomic E-state index is 0.390. The zero-order valence-electron chi connectivity index (χ0n) is 11.9. The molecule has 0 aliphatic rings. The first kappa shape index (κ1) is 14.7. The Morgan fingerprint density at radius 1 is 1.15 bits per heavy atom. The molecule has 3 heteroatoms. The molecule has 106 valence electrons. The molecule has 2 aromatic carbocycles. The highest BCUT2D eigenvalue weighted by Gasteiger charge is 2.06. The molecule has 0 bridgehead atoms. The second-order valence-corrected chi connectivity index (χ2v) is 5.33. The van der Waals surface area contributed by atoms with Crippen molar-refractivity contribution in [1.82, 2.24) is 0 Å². The van der Waals surface area contributed by atoms with Gasteiger partial charge in [0.25, 0.3) is 0 Å². The number of ether oxygens (including phenoxy) is 1. The first-order valence-electron chi connectivity index (χ1n) is 6.83. The van der Waals surface area contributed by atoms with Gasteiger partial charge in [0, 0.05) is 17.8 Å². The molecule has 1 N–H and O–H groups in total. The lowest BCUT2D eigenvalue weighted by Crippen LogP contribution is -2.16. The van der Waals surface area contributed by atoms with Crippen LogP contribution in [0.1, 0.15) is 18.9 Å². The van der Waals surface area contributed by atoms with Crippen LogP contribution in [0.15, 0.2) is 48.5 Å². The van der Waals surface area contributed by atoms with Gasteiger partial charge in [-0.1, -0.05) is 41.9 Å². The molecule has 0 aliphatic carbocycles. The standard InChI is InChI=1S/C17H20ClNO/c1-13(8-9-14-6-4-3-5-7-14)19-15-10-11-16(18)17(12-15)20-2/h3-7,10-13,19H,8-9H2,1-2H3. The molecule has 0 heterocycles. The highest BCUT2D eigenvalue weighted by Crippen LogP contribution is 2.27. The van der Waals surface area contributed by atoms with Crippen molar-refractivity contribution < 1.29 is 4.74 Å². The van der Waals surface area contributed by atoms with Crippen LogP contribution in [0, 0.1) is 0 Å². The molecule has 2 aromatic rings. The van der Waals surface area contributed by atoms with Crippen LogP contribution in [0.25, 0.3) is 0 Å². The van der Waals surface area contributed by atoms with Crippen LogP contribution in [-0.2, 0) is 6.42 Å². The van der Waals surface area contributed by atoms with Gasteiger partial charge < -0.3 is 10.1 Å². The van der Waals surface area contributed by atoms with E-state index in [0.717, 1.165) is 18.5 Å². The van der Waals surface area contributed by atoms with Gasteiger partial charge in [-0.2, -0.15) is 0 Å². The number of methoxy groups -OCH3 is 1. The molecule has 0 aliphatic heterocycles. The van der Waals surface area contributed by atoms with Crippen molar-refractivity contribution in [2.45, 2.75) is 25.8 Å². The van der Waals surface area contributed by atoms with Crippen LogP contribution in [-0.4, -0.2) is 13.2 Å². The molecule has 2 rings (SSSR count). The Labute approximate surface area is 125 Å². The summed E-state index contributed by atoms with van der Waals surface area (Å²) >= 11 is 6.02. The van der Waals surface area contributed by atoms with Crippen molar-refractivity contribution in [3.05, 3.63) is 59.1 Å². The predicted molar refractivity (Wildman–Crippen MR) is 85.9 cm³/mol. The van der Waals surface area contributed by atoms with Crippen LogP contribution in [0.5, 0.6) is 5.75 Å². The second kappa shape index (κ2) is 7.20. The molecule has 0 amide bonds. The molecule has 1 unspecified atom stereocenters. The monoisotopic (exact) mass is 289 g/mol.